The SMILES string of the molecule is COC(C)(C)CC(CN)N1CC(C)CC(C)C1C. The molecule has 0 bridgehead atoms. The van der Waals surface area contributed by atoms with Gasteiger partial charge in [-0.3, -0.25) is 4.90 Å². The van der Waals surface area contributed by atoms with E-state index in [9.17, 15) is 0 Å². The van der Waals surface area contributed by atoms with Crippen molar-refractivity contribution in [2.24, 2.45) is 17.6 Å². The molecule has 1 fully saturated rings. The van der Waals surface area contributed by atoms with Crippen molar-refractivity contribution in [3.8, 4) is 0 Å². The maximum Gasteiger partial charge on any atom is 0.0638 e. The molecule has 0 aromatic rings. The van der Waals surface area contributed by atoms with Gasteiger partial charge in [0.25, 0.3) is 0 Å². The second-order valence-corrected chi connectivity index (χ2v) is 6.81. The standard InChI is InChI=1S/C15H32N2O/c1-11-7-12(2)13(3)17(10-11)14(9-16)8-15(4,5)18-6/h11-14H,7-10,16H2,1-6H3. The summed E-state index contributed by atoms with van der Waals surface area (Å²) in [5.41, 5.74) is 5.93. The normalized spacial score (nSPS) is 32.5. The Labute approximate surface area is 113 Å². The van der Waals surface area contributed by atoms with Gasteiger partial charge in [0, 0.05) is 32.3 Å². The van der Waals surface area contributed by atoms with E-state index in [0.717, 1.165) is 24.8 Å². The van der Waals surface area contributed by atoms with E-state index < -0.39 is 0 Å². The number of hydrogen-bond donors (Lipinski definition) is 1. The van der Waals surface area contributed by atoms with Gasteiger partial charge in [0.05, 0.1) is 5.60 Å². The van der Waals surface area contributed by atoms with Gasteiger partial charge < -0.3 is 10.5 Å². The first kappa shape index (κ1) is 15.9. The smallest absolute Gasteiger partial charge is 0.0638 e. The molecule has 1 heterocycles. The molecule has 0 aromatic heterocycles. The molecule has 1 aliphatic rings. The molecular weight excluding hydrogens is 224 g/mol. The highest BCUT2D eigenvalue weighted by Crippen LogP contribution is 2.30. The molecular formula is C15H32N2O. The van der Waals surface area contributed by atoms with Gasteiger partial charge >= 0.3 is 0 Å². The number of nitrogens with zero attached hydrogens (tertiary/aromatic N) is 1. The lowest BCUT2D eigenvalue weighted by molar-refractivity contribution is -0.0306. The van der Waals surface area contributed by atoms with Crippen LogP contribution in [0.3, 0.4) is 0 Å². The highest BCUT2D eigenvalue weighted by molar-refractivity contribution is 4.89. The van der Waals surface area contributed by atoms with E-state index in [2.05, 4.69) is 39.5 Å². The van der Waals surface area contributed by atoms with Gasteiger partial charge in [-0.05, 0) is 45.4 Å². The Morgan fingerprint density at radius 2 is 1.94 bits per heavy atom. The second-order valence-electron chi connectivity index (χ2n) is 6.81. The summed E-state index contributed by atoms with van der Waals surface area (Å²) in [6.07, 6.45) is 2.34. The molecule has 0 amide bonds. The number of piperidine rings is 1. The summed E-state index contributed by atoms with van der Waals surface area (Å²) in [6, 6.07) is 1.06. The molecule has 1 rings (SSSR count). The third-order valence-corrected chi connectivity index (χ3v) is 4.66. The fraction of sp³-hybridized carbons (Fsp3) is 1.00. The van der Waals surface area contributed by atoms with Crippen molar-refractivity contribution in [2.75, 3.05) is 20.2 Å². The fourth-order valence-corrected chi connectivity index (χ4v) is 3.23. The van der Waals surface area contributed by atoms with E-state index in [-0.39, 0.29) is 5.60 Å². The van der Waals surface area contributed by atoms with Gasteiger partial charge in [0.1, 0.15) is 0 Å². The molecule has 3 nitrogen and oxygen atoms in total. The summed E-state index contributed by atoms with van der Waals surface area (Å²) in [7, 11) is 1.79. The monoisotopic (exact) mass is 256 g/mol. The van der Waals surface area contributed by atoms with Crippen LogP contribution in [0.4, 0.5) is 0 Å². The van der Waals surface area contributed by atoms with Crippen LogP contribution in [0.1, 0.15) is 47.5 Å². The Kier molecular flexibility index (Phi) is 5.63. The van der Waals surface area contributed by atoms with E-state index in [4.69, 9.17) is 10.5 Å². The van der Waals surface area contributed by atoms with Crippen LogP contribution >= 0.6 is 0 Å². The molecule has 4 atom stereocenters. The van der Waals surface area contributed by atoms with E-state index in [1.165, 1.54) is 13.0 Å². The zero-order chi connectivity index (χ0) is 13.9. The molecule has 4 unspecified atom stereocenters. The highest BCUT2D eigenvalue weighted by atomic mass is 16.5. The predicted octanol–water partition coefficient (Wildman–Crippen LogP) is 2.50. The van der Waals surface area contributed by atoms with Crippen molar-refractivity contribution in [3.05, 3.63) is 0 Å². The Balaban J connectivity index is 2.74. The number of ether oxygens (including phenoxy) is 1. The molecule has 0 radical (unpaired) electrons. The lowest BCUT2D eigenvalue weighted by Crippen LogP contribution is -2.55. The average Bonchev–Trinajstić information content (AvgIpc) is 2.31. The highest BCUT2D eigenvalue weighted by Gasteiger charge is 2.35. The minimum absolute atomic E-state index is 0.0896. The Hall–Kier alpha value is -0.120. The van der Waals surface area contributed by atoms with Crippen molar-refractivity contribution in [2.45, 2.75) is 65.1 Å². The van der Waals surface area contributed by atoms with Crippen LogP contribution in [0.25, 0.3) is 0 Å². The fourth-order valence-electron chi connectivity index (χ4n) is 3.23. The molecule has 0 aromatic carbocycles. The molecule has 3 heteroatoms. The van der Waals surface area contributed by atoms with Gasteiger partial charge in [-0.15, -0.1) is 0 Å². The number of likely N-dealkylation sites (tertiary alicyclic amines) is 1. The van der Waals surface area contributed by atoms with Crippen LogP contribution in [0.5, 0.6) is 0 Å². The summed E-state index contributed by atoms with van der Waals surface area (Å²) in [4.78, 5) is 2.61. The summed E-state index contributed by atoms with van der Waals surface area (Å²) in [5, 5.41) is 0. The van der Waals surface area contributed by atoms with Crippen molar-refractivity contribution < 1.29 is 4.74 Å². The van der Waals surface area contributed by atoms with Crippen LogP contribution in [0.15, 0.2) is 0 Å². The maximum atomic E-state index is 6.02. The lowest BCUT2D eigenvalue weighted by Gasteiger charge is -2.46. The predicted molar refractivity (Wildman–Crippen MR) is 77.7 cm³/mol. The van der Waals surface area contributed by atoms with Gasteiger partial charge in [-0.2, -0.15) is 0 Å². The minimum Gasteiger partial charge on any atom is -0.379 e. The minimum atomic E-state index is -0.0896. The van der Waals surface area contributed by atoms with Crippen LogP contribution in [-0.4, -0.2) is 42.8 Å². The molecule has 108 valence electrons. The third-order valence-electron chi connectivity index (χ3n) is 4.66. The quantitative estimate of drug-likeness (QED) is 0.821. The summed E-state index contributed by atoms with van der Waals surface area (Å²) in [5.74, 6) is 1.53. The van der Waals surface area contributed by atoms with E-state index in [1.54, 1.807) is 7.11 Å². The zero-order valence-electron chi connectivity index (χ0n) is 13.1. The van der Waals surface area contributed by atoms with Crippen LogP contribution in [0.2, 0.25) is 0 Å². The first-order valence-corrected chi connectivity index (χ1v) is 7.31. The molecule has 0 saturated carbocycles. The number of nitrogens with two attached hydrogens (primary N) is 1. The third kappa shape index (κ3) is 3.94. The topological polar surface area (TPSA) is 38.5 Å². The van der Waals surface area contributed by atoms with Crippen molar-refractivity contribution in [3.63, 3.8) is 0 Å². The van der Waals surface area contributed by atoms with Crippen molar-refractivity contribution in [1.82, 2.24) is 4.90 Å². The van der Waals surface area contributed by atoms with Crippen molar-refractivity contribution >= 4 is 0 Å². The lowest BCUT2D eigenvalue weighted by atomic mass is 9.83. The van der Waals surface area contributed by atoms with Gasteiger partial charge in [-0.1, -0.05) is 13.8 Å². The Morgan fingerprint density at radius 1 is 1.33 bits per heavy atom. The maximum absolute atomic E-state index is 6.02. The van der Waals surface area contributed by atoms with E-state index in [1.807, 2.05) is 0 Å². The van der Waals surface area contributed by atoms with Gasteiger partial charge in [0.2, 0.25) is 0 Å². The van der Waals surface area contributed by atoms with E-state index in [0.29, 0.717) is 12.1 Å². The summed E-state index contributed by atoms with van der Waals surface area (Å²) in [6.45, 7) is 13.3. The first-order chi connectivity index (χ1) is 8.30. The molecule has 1 saturated heterocycles. The molecule has 18 heavy (non-hydrogen) atoms. The summed E-state index contributed by atoms with van der Waals surface area (Å²) >= 11 is 0. The van der Waals surface area contributed by atoms with Crippen LogP contribution in [-0.2, 0) is 4.74 Å². The largest absolute Gasteiger partial charge is 0.379 e. The first-order valence-electron chi connectivity index (χ1n) is 7.31. The Morgan fingerprint density at radius 3 is 2.44 bits per heavy atom. The number of hydrogen-bond acceptors (Lipinski definition) is 3. The van der Waals surface area contributed by atoms with Crippen LogP contribution in [0, 0.1) is 11.8 Å². The van der Waals surface area contributed by atoms with Crippen molar-refractivity contribution in [1.29, 1.82) is 0 Å². The van der Waals surface area contributed by atoms with Gasteiger partial charge in [0.15, 0.2) is 0 Å². The van der Waals surface area contributed by atoms with E-state index >= 15 is 0 Å². The summed E-state index contributed by atoms with van der Waals surface area (Å²) < 4.78 is 5.57. The Bertz CT molecular complexity index is 255. The zero-order valence-corrected chi connectivity index (χ0v) is 13.1. The number of methoxy groups -OCH3 is 1. The second kappa shape index (κ2) is 6.36. The van der Waals surface area contributed by atoms with Gasteiger partial charge in [-0.25, -0.2) is 0 Å². The molecule has 1 aliphatic heterocycles. The molecule has 2 N–H and O–H groups in total. The molecule has 0 aliphatic carbocycles. The molecule has 0 spiro atoms. The number of rotatable bonds is 5. The average molecular weight is 256 g/mol. The van der Waals surface area contributed by atoms with Crippen LogP contribution < -0.4 is 5.73 Å².